The number of rotatable bonds is 8. The molecule has 2 rings (SSSR count). The van der Waals surface area contributed by atoms with E-state index in [1.807, 2.05) is 18.5 Å². The second-order valence-electron chi connectivity index (χ2n) is 5.17. The Bertz CT molecular complexity index is 452. The van der Waals surface area contributed by atoms with E-state index in [4.69, 9.17) is 11.6 Å². The number of aryl methyl sites for hydroxylation is 2. The lowest BCUT2D eigenvalue weighted by Crippen LogP contribution is -2.26. The lowest BCUT2D eigenvalue weighted by Gasteiger charge is -2.06. The Morgan fingerprint density at radius 2 is 2.21 bits per heavy atom. The van der Waals surface area contributed by atoms with Crippen LogP contribution in [-0.2, 0) is 24.2 Å². The number of aromatic nitrogens is 2. The minimum atomic E-state index is 0.180. The molecule has 0 saturated heterocycles. The molecule has 1 aromatic heterocycles. The monoisotopic (exact) mass is 283 g/mol. The van der Waals surface area contributed by atoms with Gasteiger partial charge in [-0.05, 0) is 38.6 Å². The van der Waals surface area contributed by atoms with E-state index in [0.29, 0.717) is 18.0 Å². The Balaban J connectivity index is 1.92. The van der Waals surface area contributed by atoms with E-state index in [1.165, 1.54) is 12.8 Å². The summed E-state index contributed by atoms with van der Waals surface area (Å²) in [5.41, 5.74) is 1.75. The van der Waals surface area contributed by atoms with Crippen molar-refractivity contribution in [3.8, 4) is 0 Å². The molecule has 1 aliphatic carbocycles. The lowest BCUT2D eigenvalue weighted by molar-refractivity contribution is -0.117. The highest BCUT2D eigenvalue weighted by molar-refractivity contribution is 6.32. The van der Waals surface area contributed by atoms with Crippen LogP contribution >= 0.6 is 11.6 Å². The molecule has 5 heteroatoms. The first-order chi connectivity index (χ1) is 9.15. The van der Waals surface area contributed by atoms with Gasteiger partial charge >= 0.3 is 0 Å². The Hall–Kier alpha value is -0.870. The highest BCUT2D eigenvalue weighted by atomic mass is 35.5. The number of carbonyl (C=O) groups is 1. The maximum absolute atomic E-state index is 12.0. The van der Waals surface area contributed by atoms with Crippen molar-refractivity contribution in [3.63, 3.8) is 0 Å². The van der Waals surface area contributed by atoms with Crippen molar-refractivity contribution >= 4 is 17.4 Å². The number of nitrogens with zero attached hydrogens (tertiary/aromatic N) is 2. The molecule has 0 atom stereocenters. The molecule has 1 aliphatic rings. The van der Waals surface area contributed by atoms with Crippen LogP contribution in [0.25, 0.3) is 0 Å². The maximum Gasteiger partial charge on any atom is 0.152 e. The van der Waals surface area contributed by atoms with E-state index in [2.05, 4.69) is 10.4 Å². The highest BCUT2D eigenvalue weighted by Gasteiger charge is 2.21. The molecule has 19 heavy (non-hydrogen) atoms. The third kappa shape index (κ3) is 3.80. The fourth-order valence-corrected chi connectivity index (χ4v) is 2.51. The zero-order valence-electron chi connectivity index (χ0n) is 11.7. The zero-order chi connectivity index (χ0) is 13.8. The minimum Gasteiger partial charge on any atom is -0.310 e. The summed E-state index contributed by atoms with van der Waals surface area (Å²) in [6.07, 6.45) is 3.77. The van der Waals surface area contributed by atoms with E-state index in [0.717, 1.165) is 36.8 Å². The van der Waals surface area contributed by atoms with Gasteiger partial charge in [0.25, 0.3) is 0 Å². The second-order valence-corrected chi connectivity index (χ2v) is 5.54. The van der Waals surface area contributed by atoms with Crippen molar-refractivity contribution in [2.24, 2.45) is 5.92 Å². The van der Waals surface area contributed by atoms with Gasteiger partial charge in [-0.25, -0.2) is 0 Å². The Morgan fingerprint density at radius 3 is 2.79 bits per heavy atom. The van der Waals surface area contributed by atoms with Gasteiger partial charge in [0.15, 0.2) is 5.78 Å². The minimum absolute atomic E-state index is 0.180. The molecule has 0 amide bonds. The van der Waals surface area contributed by atoms with E-state index >= 15 is 0 Å². The summed E-state index contributed by atoms with van der Waals surface area (Å²) in [6.45, 7) is 6.19. The molecule has 0 radical (unpaired) electrons. The van der Waals surface area contributed by atoms with Crippen molar-refractivity contribution < 1.29 is 4.79 Å². The van der Waals surface area contributed by atoms with Crippen LogP contribution < -0.4 is 5.32 Å². The van der Waals surface area contributed by atoms with Crippen LogP contribution in [0.15, 0.2) is 0 Å². The summed E-state index contributed by atoms with van der Waals surface area (Å²) in [4.78, 5) is 12.0. The van der Waals surface area contributed by atoms with Crippen molar-refractivity contribution in [2.75, 3.05) is 13.1 Å². The van der Waals surface area contributed by atoms with E-state index in [-0.39, 0.29) is 5.78 Å². The van der Waals surface area contributed by atoms with Gasteiger partial charge in [-0.2, -0.15) is 5.10 Å². The molecule has 1 N–H and O–H groups in total. The van der Waals surface area contributed by atoms with Gasteiger partial charge in [-0.1, -0.05) is 18.5 Å². The number of hydrogen-bond acceptors (Lipinski definition) is 3. The Labute approximate surface area is 119 Å². The molecular weight excluding hydrogens is 262 g/mol. The van der Waals surface area contributed by atoms with Gasteiger partial charge in [0, 0.05) is 6.54 Å². The number of halogens is 1. The smallest absolute Gasteiger partial charge is 0.152 e. The molecule has 4 nitrogen and oxygen atoms in total. The summed E-state index contributed by atoms with van der Waals surface area (Å²) < 4.78 is 1.85. The Morgan fingerprint density at radius 1 is 1.47 bits per heavy atom. The average molecular weight is 284 g/mol. The van der Waals surface area contributed by atoms with Gasteiger partial charge in [0.2, 0.25) is 0 Å². The zero-order valence-corrected chi connectivity index (χ0v) is 12.5. The van der Waals surface area contributed by atoms with Crippen LogP contribution in [0, 0.1) is 5.92 Å². The molecule has 1 fully saturated rings. The number of hydrogen-bond donors (Lipinski definition) is 1. The molecule has 106 valence electrons. The standard InChI is InChI=1S/C14H22ClN3O/c1-3-12-14(15)13(18(4-2)17-12)7-11(19)9-16-8-10-5-6-10/h10,16H,3-9H2,1-2H3. The van der Waals surface area contributed by atoms with Gasteiger partial charge in [0.1, 0.15) is 0 Å². The predicted octanol–water partition coefficient (Wildman–Crippen LogP) is 2.23. The van der Waals surface area contributed by atoms with E-state index in [9.17, 15) is 4.79 Å². The molecular formula is C14H22ClN3O. The fraction of sp³-hybridized carbons (Fsp3) is 0.714. The molecule has 0 spiro atoms. The summed E-state index contributed by atoms with van der Waals surface area (Å²) in [6, 6.07) is 0. The molecule has 0 aromatic carbocycles. The first-order valence-corrected chi connectivity index (χ1v) is 7.49. The molecule has 0 aliphatic heterocycles. The van der Waals surface area contributed by atoms with Crippen LogP contribution in [-0.4, -0.2) is 28.7 Å². The van der Waals surface area contributed by atoms with Gasteiger partial charge in [-0.15, -0.1) is 0 Å². The summed E-state index contributed by atoms with van der Waals surface area (Å²) >= 11 is 6.29. The van der Waals surface area contributed by atoms with E-state index in [1.54, 1.807) is 0 Å². The number of nitrogens with one attached hydrogen (secondary N) is 1. The van der Waals surface area contributed by atoms with Crippen LogP contribution in [0.2, 0.25) is 5.02 Å². The summed E-state index contributed by atoms with van der Waals surface area (Å²) in [5, 5.41) is 8.32. The number of ketones is 1. The molecule has 0 unspecified atom stereocenters. The normalized spacial score (nSPS) is 14.9. The SMILES string of the molecule is CCc1nn(CC)c(CC(=O)CNCC2CC2)c1Cl. The highest BCUT2D eigenvalue weighted by Crippen LogP contribution is 2.27. The maximum atomic E-state index is 12.0. The predicted molar refractivity (Wildman–Crippen MR) is 76.6 cm³/mol. The first-order valence-electron chi connectivity index (χ1n) is 7.12. The van der Waals surface area contributed by atoms with Gasteiger partial charge in [0.05, 0.1) is 29.4 Å². The largest absolute Gasteiger partial charge is 0.310 e. The Kier molecular flexibility index (Phi) is 4.99. The third-order valence-electron chi connectivity index (χ3n) is 3.51. The topological polar surface area (TPSA) is 46.9 Å². The van der Waals surface area contributed by atoms with Gasteiger partial charge in [-0.3, -0.25) is 9.48 Å². The van der Waals surface area contributed by atoms with E-state index < -0.39 is 0 Å². The van der Waals surface area contributed by atoms with Crippen LogP contribution in [0.3, 0.4) is 0 Å². The third-order valence-corrected chi connectivity index (χ3v) is 3.95. The quantitative estimate of drug-likeness (QED) is 0.796. The number of carbonyl (C=O) groups excluding carboxylic acids is 1. The van der Waals surface area contributed by atoms with Crippen LogP contribution in [0.4, 0.5) is 0 Å². The first kappa shape index (κ1) is 14.5. The van der Waals surface area contributed by atoms with Crippen molar-refractivity contribution in [1.29, 1.82) is 0 Å². The molecule has 0 bridgehead atoms. The van der Waals surface area contributed by atoms with Crippen LogP contribution in [0.5, 0.6) is 0 Å². The summed E-state index contributed by atoms with van der Waals surface area (Å²) in [7, 11) is 0. The number of Topliss-reactive ketones (excluding diaryl/α,β-unsaturated/α-hetero) is 1. The molecule has 1 aromatic rings. The summed E-state index contributed by atoms with van der Waals surface area (Å²) in [5.74, 6) is 0.976. The fourth-order valence-electron chi connectivity index (χ4n) is 2.17. The van der Waals surface area contributed by atoms with Crippen molar-refractivity contribution in [3.05, 3.63) is 16.4 Å². The van der Waals surface area contributed by atoms with Crippen LogP contribution in [0.1, 0.15) is 38.1 Å². The van der Waals surface area contributed by atoms with Crippen molar-refractivity contribution in [1.82, 2.24) is 15.1 Å². The lowest BCUT2D eigenvalue weighted by atomic mass is 10.2. The second kappa shape index (κ2) is 6.53. The van der Waals surface area contributed by atoms with Gasteiger partial charge < -0.3 is 5.32 Å². The molecule has 1 heterocycles. The average Bonchev–Trinajstić information content (AvgIpc) is 3.17. The molecule has 1 saturated carbocycles. The van der Waals surface area contributed by atoms with Crippen molar-refractivity contribution in [2.45, 2.75) is 46.1 Å².